The molecule has 0 bridgehead atoms. The van der Waals surface area contributed by atoms with E-state index in [1.807, 2.05) is 29.1 Å². The van der Waals surface area contributed by atoms with Gasteiger partial charge in [0.2, 0.25) is 0 Å². The highest BCUT2D eigenvalue weighted by atomic mass is 35.5. The van der Waals surface area contributed by atoms with Crippen molar-refractivity contribution in [1.82, 2.24) is 14.3 Å². The summed E-state index contributed by atoms with van der Waals surface area (Å²) in [6.45, 7) is 2.10. The van der Waals surface area contributed by atoms with E-state index < -0.39 is 0 Å². The number of rotatable bonds is 3. The maximum atomic E-state index is 11.7. The van der Waals surface area contributed by atoms with Crippen LogP contribution in [0, 0.1) is 0 Å². The van der Waals surface area contributed by atoms with Gasteiger partial charge in [0.1, 0.15) is 5.02 Å². The number of hydrogen-bond acceptors (Lipinski definition) is 2. The zero-order chi connectivity index (χ0) is 15.7. The van der Waals surface area contributed by atoms with Crippen LogP contribution >= 0.6 is 11.6 Å². The van der Waals surface area contributed by atoms with Crippen molar-refractivity contribution in [2.75, 3.05) is 0 Å². The van der Waals surface area contributed by atoms with Gasteiger partial charge in [-0.2, -0.15) is 5.10 Å². The number of pyridine rings is 1. The van der Waals surface area contributed by atoms with Crippen molar-refractivity contribution < 1.29 is 0 Å². The van der Waals surface area contributed by atoms with Crippen molar-refractivity contribution in [2.24, 2.45) is 7.05 Å². The Labute approximate surface area is 133 Å². The van der Waals surface area contributed by atoms with E-state index in [4.69, 9.17) is 11.6 Å². The predicted molar refractivity (Wildman–Crippen MR) is 88.2 cm³/mol. The number of aromatic nitrogens is 3. The Balaban J connectivity index is 1.96. The molecule has 22 heavy (non-hydrogen) atoms. The summed E-state index contributed by atoms with van der Waals surface area (Å²) >= 11 is 5.97. The van der Waals surface area contributed by atoms with Crippen molar-refractivity contribution >= 4 is 11.6 Å². The third-order valence-corrected chi connectivity index (χ3v) is 4.02. The largest absolute Gasteiger partial charge is 0.317 e. The molecule has 2 heterocycles. The summed E-state index contributed by atoms with van der Waals surface area (Å²) in [5.41, 5.74) is 2.80. The third kappa shape index (κ3) is 2.70. The number of halogens is 1. The maximum Gasteiger partial charge on any atom is 0.269 e. The molecule has 1 aromatic carbocycles. The lowest BCUT2D eigenvalue weighted by Gasteiger charge is -2.12. The topological polar surface area (TPSA) is 39.8 Å². The zero-order valence-electron chi connectivity index (χ0n) is 12.4. The standard InChI is InChI=1S/C17H16ClN3O/c1-12(13-6-4-3-5-7-13)21-11-15(9-19-21)14-8-16(18)17(22)20(2)10-14/h3-12H,1-2H3. The van der Waals surface area contributed by atoms with Crippen LogP contribution in [0.1, 0.15) is 18.5 Å². The minimum absolute atomic E-state index is 0.137. The van der Waals surface area contributed by atoms with Gasteiger partial charge in [-0.15, -0.1) is 0 Å². The van der Waals surface area contributed by atoms with Crippen molar-refractivity contribution in [3.05, 3.63) is 75.9 Å². The molecule has 0 saturated carbocycles. The van der Waals surface area contributed by atoms with Crippen LogP contribution in [0.4, 0.5) is 0 Å². The van der Waals surface area contributed by atoms with E-state index in [0.717, 1.165) is 11.1 Å². The van der Waals surface area contributed by atoms with Crippen molar-refractivity contribution in [3.8, 4) is 11.1 Å². The molecule has 1 atom stereocenters. The molecule has 3 rings (SSSR count). The van der Waals surface area contributed by atoms with Gasteiger partial charge in [-0.3, -0.25) is 9.48 Å². The minimum atomic E-state index is -0.199. The smallest absolute Gasteiger partial charge is 0.269 e. The second kappa shape index (κ2) is 5.81. The molecule has 1 unspecified atom stereocenters. The Morgan fingerprint density at radius 2 is 1.86 bits per heavy atom. The molecule has 0 aliphatic carbocycles. The van der Waals surface area contributed by atoms with E-state index in [-0.39, 0.29) is 16.6 Å². The van der Waals surface area contributed by atoms with Gasteiger partial charge >= 0.3 is 0 Å². The van der Waals surface area contributed by atoms with Crippen LogP contribution in [0.15, 0.2) is 59.8 Å². The van der Waals surface area contributed by atoms with Crippen LogP contribution in [0.5, 0.6) is 0 Å². The molecular formula is C17H16ClN3O. The number of hydrogen-bond donors (Lipinski definition) is 0. The van der Waals surface area contributed by atoms with E-state index >= 15 is 0 Å². The zero-order valence-corrected chi connectivity index (χ0v) is 13.2. The molecule has 0 amide bonds. The molecule has 0 radical (unpaired) electrons. The normalized spacial score (nSPS) is 12.3. The molecular weight excluding hydrogens is 298 g/mol. The fourth-order valence-electron chi connectivity index (χ4n) is 2.41. The molecule has 0 aliphatic rings. The third-order valence-electron chi connectivity index (χ3n) is 3.75. The lowest BCUT2D eigenvalue weighted by molar-refractivity contribution is 0.565. The number of aryl methyl sites for hydroxylation is 1. The highest BCUT2D eigenvalue weighted by Crippen LogP contribution is 2.23. The molecule has 5 heteroatoms. The van der Waals surface area contributed by atoms with E-state index in [2.05, 4.69) is 24.2 Å². The lowest BCUT2D eigenvalue weighted by atomic mass is 10.1. The van der Waals surface area contributed by atoms with Crippen LogP contribution < -0.4 is 5.56 Å². The lowest BCUT2D eigenvalue weighted by Crippen LogP contribution is -2.16. The number of benzene rings is 1. The molecule has 0 aliphatic heterocycles. The summed E-state index contributed by atoms with van der Waals surface area (Å²) in [7, 11) is 1.69. The average molecular weight is 314 g/mol. The Bertz CT molecular complexity index is 826. The first-order valence-corrected chi connectivity index (χ1v) is 7.39. The second-order valence-electron chi connectivity index (χ2n) is 5.29. The quantitative estimate of drug-likeness (QED) is 0.742. The molecule has 0 spiro atoms. The monoisotopic (exact) mass is 313 g/mol. The summed E-state index contributed by atoms with van der Waals surface area (Å²) in [4.78, 5) is 11.7. The Hall–Kier alpha value is -2.33. The molecule has 0 saturated heterocycles. The first-order chi connectivity index (χ1) is 10.6. The van der Waals surface area contributed by atoms with Gasteiger partial charge in [-0.1, -0.05) is 41.9 Å². The average Bonchev–Trinajstić information content (AvgIpc) is 3.02. The summed E-state index contributed by atoms with van der Waals surface area (Å²) in [6.07, 6.45) is 5.52. The summed E-state index contributed by atoms with van der Waals surface area (Å²) < 4.78 is 3.39. The van der Waals surface area contributed by atoms with Crippen LogP contribution in [-0.4, -0.2) is 14.3 Å². The van der Waals surface area contributed by atoms with Crippen molar-refractivity contribution in [1.29, 1.82) is 0 Å². The first kappa shape index (κ1) is 14.6. The van der Waals surface area contributed by atoms with Gasteiger partial charge in [0, 0.05) is 30.6 Å². The van der Waals surface area contributed by atoms with Gasteiger partial charge in [0.25, 0.3) is 5.56 Å². The minimum Gasteiger partial charge on any atom is -0.317 e. The maximum absolute atomic E-state index is 11.7. The Kier molecular flexibility index (Phi) is 3.86. The molecule has 0 fully saturated rings. The fraction of sp³-hybridized carbons (Fsp3) is 0.176. The highest BCUT2D eigenvalue weighted by Gasteiger charge is 2.11. The van der Waals surface area contributed by atoms with Gasteiger partial charge in [0.05, 0.1) is 12.2 Å². The molecule has 3 aromatic rings. The Morgan fingerprint density at radius 3 is 2.55 bits per heavy atom. The first-order valence-electron chi connectivity index (χ1n) is 7.02. The Morgan fingerprint density at radius 1 is 1.14 bits per heavy atom. The van der Waals surface area contributed by atoms with Crippen LogP contribution in [0.25, 0.3) is 11.1 Å². The van der Waals surface area contributed by atoms with E-state index in [1.54, 1.807) is 25.5 Å². The van der Waals surface area contributed by atoms with E-state index in [9.17, 15) is 4.79 Å². The van der Waals surface area contributed by atoms with Gasteiger partial charge in [0.15, 0.2) is 0 Å². The molecule has 2 aromatic heterocycles. The van der Waals surface area contributed by atoms with E-state index in [0.29, 0.717) is 0 Å². The van der Waals surface area contributed by atoms with E-state index in [1.165, 1.54) is 10.1 Å². The summed E-state index contributed by atoms with van der Waals surface area (Å²) in [5, 5.41) is 4.65. The molecule has 0 N–H and O–H groups in total. The SMILES string of the molecule is CC(c1ccccc1)n1cc(-c2cc(Cl)c(=O)n(C)c2)cn1. The van der Waals surface area contributed by atoms with Crippen molar-refractivity contribution in [2.45, 2.75) is 13.0 Å². The summed E-state index contributed by atoms with van der Waals surface area (Å²) in [5.74, 6) is 0. The predicted octanol–water partition coefficient (Wildman–Crippen LogP) is 3.51. The molecule has 4 nitrogen and oxygen atoms in total. The second-order valence-corrected chi connectivity index (χ2v) is 5.70. The molecule has 112 valence electrons. The fourth-order valence-corrected chi connectivity index (χ4v) is 2.66. The number of nitrogens with zero attached hydrogens (tertiary/aromatic N) is 3. The van der Waals surface area contributed by atoms with Gasteiger partial charge in [-0.05, 0) is 18.6 Å². The van der Waals surface area contributed by atoms with Crippen LogP contribution in [0.2, 0.25) is 5.02 Å². The van der Waals surface area contributed by atoms with Crippen LogP contribution in [-0.2, 0) is 7.05 Å². The summed E-state index contributed by atoms with van der Waals surface area (Å²) in [6, 6.07) is 12.0. The van der Waals surface area contributed by atoms with Crippen molar-refractivity contribution in [3.63, 3.8) is 0 Å². The van der Waals surface area contributed by atoms with Gasteiger partial charge < -0.3 is 4.57 Å². The van der Waals surface area contributed by atoms with Crippen LogP contribution in [0.3, 0.4) is 0 Å². The highest BCUT2D eigenvalue weighted by molar-refractivity contribution is 6.30. The van der Waals surface area contributed by atoms with Gasteiger partial charge in [-0.25, -0.2) is 0 Å².